The predicted molar refractivity (Wildman–Crippen MR) is 106 cm³/mol. The summed E-state index contributed by atoms with van der Waals surface area (Å²) in [5.74, 6) is -1.11. The van der Waals surface area contributed by atoms with Crippen molar-refractivity contribution in [2.45, 2.75) is 52.7 Å². The summed E-state index contributed by atoms with van der Waals surface area (Å²) in [6.07, 6.45) is 2.81. The third-order valence-electron chi connectivity index (χ3n) is 5.20. The number of nitrogens with zero attached hydrogens (tertiary/aromatic N) is 4. The van der Waals surface area contributed by atoms with Gasteiger partial charge in [0.05, 0.1) is 23.4 Å². The van der Waals surface area contributed by atoms with E-state index in [1.807, 2.05) is 6.07 Å². The van der Waals surface area contributed by atoms with E-state index >= 15 is 0 Å². The molecule has 0 fully saturated rings. The molecular weight excluding hydrogens is 380 g/mol. The minimum Gasteiger partial charge on any atom is -0.370 e. The molecule has 3 aromatic heterocycles. The van der Waals surface area contributed by atoms with Crippen molar-refractivity contribution in [1.82, 2.24) is 14.6 Å². The first-order valence-corrected chi connectivity index (χ1v) is 9.84. The summed E-state index contributed by atoms with van der Waals surface area (Å²) >= 11 is 1.23. The largest absolute Gasteiger partial charge is 0.370 e. The molecule has 0 aromatic carbocycles. The van der Waals surface area contributed by atoms with Crippen LogP contribution in [0.25, 0.3) is 20.4 Å². The fourth-order valence-corrected chi connectivity index (χ4v) is 4.52. The van der Waals surface area contributed by atoms with Crippen LogP contribution in [0.15, 0.2) is 17.2 Å². The Kier molecular flexibility index (Phi) is 4.31. The number of pyridine rings is 1. The lowest BCUT2D eigenvalue weighted by atomic mass is 9.91. The Balaban J connectivity index is 1.91. The zero-order valence-corrected chi connectivity index (χ0v) is 16.9. The van der Waals surface area contributed by atoms with Gasteiger partial charge in [0, 0.05) is 31.2 Å². The number of rotatable bonds is 2. The zero-order chi connectivity index (χ0) is 20.2. The van der Waals surface area contributed by atoms with E-state index in [2.05, 4.69) is 18.8 Å². The first-order valence-electron chi connectivity index (χ1n) is 9.02. The highest BCUT2D eigenvalue weighted by Crippen LogP contribution is 2.35. The summed E-state index contributed by atoms with van der Waals surface area (Å²) in [6, 6.07) is 1.98. The molecule has 4 rings (SSSR count). The van der Waals surface area contributed by atoms with Gasteiger partial charge in [0.25, 0.3) is 5.56 Å². The number of thiophene rings is 1. The van der Waals surface area contributed by atoms with Gasteiger partial charge in [-0.25, -0.2) is 9.97 Å². The van der Waals surface area contributed by atoms with Crippen molar-refractivity contribution in [2.75, 3.05) is 5.01 Å². The molecule has 8 nitrogen and oxygen atoms in total. The highest BCUT2D eigenvalue weighted by molar-refractivity contribution is 7.25. The summed E-state index contributed by atoms with van der Waals surface area (Å²) in [4.78, 5) is 46.4. The SMILES string of the molecule is CCC1(C)Cc2nc3sc4c(=O)n(N(C(C)=O)C(C)=O)cnc4c3cc2CO1. The van der Waals surface area contributed by atoms with Crippen molar-refractivity contribution < 1.29 is 14.3 Å². The van der Waals surface area contributed by atoms with E-state index in [9.17, 15) is 14.4 Å². The lowest BCUT2D eigenvalue weighted by Gasteiger charge is -2.33. The highest BCUT2D eigenvalue weighted by Gasteiger charge is 2.31. The molecule has 1 unspecified atom stereocenters. The third-order valence-corrected chi connectivity index (χ3v) is 6.28. The van der Waals surface area contributed by atoms with E-state index in [0.29, 0.717) is 28.1 Å². The molecule has 4 heterocycles. The molecule has 1 atom stereocenters. The van der Waals surface area contributed by atoms with Crippen LogP contribution < -0.4 is 10.6 Å². The molecule has 1 aliphatic heterocycles. The second-order valence-corrected chi connectivity index (χ2v) is 8.24. The molecule has 0 N–H and O–H groups in total. The summed E-state index contributed by atoms with van der Waals surface area (Å²) in [5, 5.41) is 1.56. The van der Waals surface area contributed by atoms with Crippen LogP contribution in [-0.2, 0) is 27.4 Å². The summed E-state index contributed by atoms with van der Waals surface area (Å²) < 4.78 is 7.32. The van der Waals surface area contributed by atoms with E-state index in [-0.39, 0.29) is 5.60 Å². The molecule has 146 valence electrons. The number of carbonyl (C=O) groups is 2. The van der Waals surface area contributed by atoms with Gasteiger partial charge in [-0.2, -0.15) is 9.69 Å². The quantitative estimate of drug-likeness (QED) is 0.655. The van der Waals surface area contributed by atoms with E-state index in [4.69, 9.17) is 9.72 Å². The molecule has 0 aliphatic carbocycles. The fraction of sp³-hybridized carbons (Fsp3) is 0.421. The molecule has 3 aromatic rings. The maximum absolute atomic E-state index is 13.0. The standard InChI is InChI=1S/C19H20N4O4S/c1-5-19(4)7-14-12(8-27-19)6-13-15-16(28-17(13)21-14)18(26)22(9-20-15)23(10(2)24)11(3)25/h6,9H,5,7-8H2,1-4H3. The Morgan fingerprint density at radius 3 is 2.71 bits per heavy atom. The van der Waals surface area contributed by atoms with Crippen molar-refractivity contribution in [3.63, 3.8) is 0 Å². The van der Waals surface area contributed by atoms with Gasteiger partial charge in [0.2, 0.25) is 11.8 Å². The summed E-state index contributed by atoms with van der Waals surface area (Å²) in [7, 11) is 0. The Morgan fingerprint density at radius 1 is 1.36 bits per heavy atom. The van der Waals surface area contributed by atoms with Crippen LogP contribution in [0.3, 0.4) is 0 Å². The number of amides is 2. The topological polar surface area (TPSA) is 94.4 Å². The lowest BCUT2D eigenvalue weighted by molar-refractivity contribution is -0.126. The second kappa shape index (κ2) is 6.46. The molecule has 0 spiro atoms. The van der Waals surface area contributed by atoms with Crippen LogP contribution in [0.2, 0.25) is 0 Å². The van der Waals surface area contributed by atoms with Crippen LogP contribution in [-0.4, -0.2) is 32.1 Å². The molecule has 28 heavy (non-hydrogen) atoms. The van der Waals surface area contributed by atoms with E-state index < -0.39 is 17.4 Å². The first-order chi connectivity index (χ1) is 13.2. The molecule has 0 bridgehead atoms. The van der Waals surface area contributed by atoms with Gasteiger partial charge >= 0.3 is 0 Å². The van der Waals surface area contributed by atoms with Crippen molar-refractivity contribution in [2.24, 2.45) is 0 Å². The average molecular weight is 400 g/mol. The van der Waals surface area contributed by atoms with Crippen LogP contribution in [0, 0.1) is 0 Å². The van der Waals surface area contributed by atoms with Crippen molar-refractivity contribution in [1.29, 1.82) is 0 Å². The summed E-state index contributed by atoms with van der Waals surface area (Å²) in [6.45, 7) is 7.09. The van der Waals surface area contributed by atoms with Crippen LogP contribution >= 0.6 is 11.3 Å². The highest BCUT2D eigenvalue weighted by atomic mass is 32.1. The van der Waals surface area contributed by atoms with Crippen molar-refractivity contribution in [3.8, 4) is 0 Å². The van der Waals surface area contributed by atoms with Crippen molar-refractivity contribution in [3.05, 3.63) is 34.0 Å². The number of ether oxygens (including phenoxy) is 1. The number of hydrogen-bond donors (Lipinski definition) is 0. The van der Waals surface area contributed by atoms with Crippen LogP contribution in [0.4, 0.5) is 0 Å². The van der Waals surface area contributed by atoms with Gasteiger partial charge in [-0.15, -0.1) is 11.3 Å². The zero-order valence-electron chi connectivity index (χ0n) is 16.1. The Labute approximate surface area is 164 Å². The number of carbonyl (C=O) groups excluding carboxylic acids is 2. The molecule has 0 radical (unpaired) electrons. The van der Waals surface area contributed by atoms with Gasteiger partial charge in [-0.05, 0) is 19.4 Å². The van der Waals surface area contributed by atoms with Gasteiger partial charge in [0.15, 0.2) is 0 Å². The van der Waals surface area contributed by atoms with Gasteiger partial charge in [-0.1, -0.05) is 6.92 Å². The minimum atomic E-state index is -0.554. The monoisotopic (exact) mass is 400 g/mol. The normalized spacial score (nSPS) is 19.0. The minimum absolute atomic E-state index is 0.237. The predicted octanol–water partition coefficient (Wildman–Crippen LogP) is 2.28. The maximum Gasteiger partial charge on any atom is 0.290 e. The van der Waals surface area contributed by atoms with E-state index in [0.717, 1.165) is 32.7 Å². The van der Waals surface area contributed by atoms with Crippen molar-refractivity contribution >= 4 is 43.6 Å². The van der Waals surface area contributed by atoms with E-state index in [1.54, 1.807) is 0 Å². The van der Waals surface area contributed by atoms with Gasteiger partial charge in [-0.3, -0.25) is 14.4 Å². The Morgan fingerprint density at radius 2 is 2.07 bits per heavy atom. The molecule has 9 heteroatoms. The summed E-state index contributed by atoms with van der Waals surface area (Å²) in [5.41, 5.74) is 1.79. The van der Waals surface area contributed by atoms with E-state index in [1.165, 1.54) is 31.5 Å². The van der Waals surface area contributed by atoms with Gasteiger partial charge < -0.3 is 4.74 Å². The molecule has 1 aliphatic rings. The third kappa shape index (κ3) is 2.82. The molecule has 2 amide bonds. The first kappa shape index (κ1) is 18.7. The van der Waals surface area contributed by atoms with Gasteiger partial charge in [0.1, 0.15) is 15.9 Å². The van der Waals surface area contributed by atoms with Crippen LogP contribution in [0.1, 0.15) is 45.4 Å². The number of imide groups is 1. The van der Waals surface area contributed by atoms with Crippen LogP contribution in [0.5, 0.6) is 0 Å². The molecule has 0 saturated carbocycles. The fourth-order valence-electron chi connectivity index (χ4n) is 3.46. The molecule has 0 saturated heterocycles. The Hall–Kier alpha value is -2.65. The number of fused-ring (bicyclic) bond motifs is 4. The average Bonchev–Trinajstić information content (AvgIpc) is 2.99. The maximum atomic E-state index is 13.0. The smallest absolute Gasteiger partial charge is 0.290 e. The second-order valence-electron chi connectivity index (χ2n) is 7.24. The Bertz CT molecular complexity index is 1180. The lowest BCUT2D eigenvalue weighted by Crippen LogP contribution is -2.48. The molecular formula is C19H20N4O4S. The number of hydrogen-bond acceptors (Lipinski definition) is 7. The number of aromatic nitrogens is 3.